The molecule has 4 nitrogen and oxygen atoms in total. The van der Waals surface area contributed by atoms with Gasteiger partial charge in [-0.2, -0.15) is 8.78 Å². The molecule has 1 rings (SSSR count). The molecule has 6 heteroatoms. The molecule has 3 N–H and O–H groups in total. The van der Waals surface area contributed by atoms with Crippen LogP contribution in [-0.2, 0) is 11.3 Å². The zero-order chi connectivity index (χ0) is 14.3. The van der Waals surface area contributed by atoms with E-state index >= 15 is 0 Å². The lowest BCUT2D eigenvalue weighted by molar-refractivity contribution is -0.121. The topological polar surface area (TPSA) is 64.4 Å². The number of halogens is 2. The van der Waals surface area contributed by atoms with E-state index in [1.807, 2.05) is 6.92 Å². The molecule has 0 saturated carbocycles. The average molecular weight is 272 g/mol. The fourth-order valence-corrected chi connectivity index (χ4v) is 1.51. The summed E-state index contributed by atoms with van der Waals surface area (Å²) in [7, 11) is 0. The zero-order valence-electron chi connectivity index (χ0n) is 10.7. The van der Waals surface area contributed by atoms with Gasteiger partial charge in [0, 0.05) is 24.6 Å². The minimum atomic E-state index is -2.88. The van der Waals surface area contributed by atoms with Gasteiger partial charge >= 0.3 is 6.61 Å². The lowest BCUT2D eigenvalue weighted by Crippen LogP contribution is -2.31. The lowest BCUT2D eigenvalue weighted by atomic mass is 10.1. The lowest BCUT2D eigenvalue weighted by Gasteiger charge is -2.12. The van der Waals surface area contributed by atoms with Gasteiger partial charge in [-0.3, -0.25) is 4.79 Å². The first-order chi connectivity index (χ1) is 9.02. The maximum atomic E-state index is 12.2. The minimum absolute atomic E-state index is 0.0672. The number of hydrogen-bond donors (Lipinski definition) is 2. The Balaban J connectivity index is 2.55. The summed E-state index contributed by atoms with van der Waals surface area (Å²) in [5.74, 6) is -0.140. The van der Waals surface area contributed by atoms with Gasteiger partial charge in [-0.1, -0.05) is 25.1 Å². The Hall–Kier alpha value is -1.69. The number of nitrogens with one attached hydrogen (secondary N) is 1. The van der Waals surface area contributed by atoms with Crippen molar-refractivity contribution >= 4 is 5.91 Å². The summed E-state index contributed by atoms with van der Waals surface area (Å²) in [4.78, 5) is 11.5. The highest BCUT2D eigenvalue weighted by atomic mass is 19.3. The zero-order valence-corrected chi connectivity index (χ0v) is 10.7. The first kappa shape index (κ1) is 15.4. The van der Waals surface area contributed by atoms with E-state index in [0.29, 0.717) is 12.0 Å². The van der Waals surface area contributed by atoms with Crippen LogP contribution < -0.4 is 15.8 Å². The first-order valence-electron chi connectivity index (χ1n) is 6.08. The minimum Gasteiger partial charge on any atom is -0.434 e. The molecule has 0 bridgehead atoms. The third kappa shape index (κ3) is 5.65. The van der Waals surface area contributed by atoms with E-state index in [-0.39, 0.29) is 30.7 Å². The van der Waals surface area contributed by atoms with Gasteiger partial charge in [0.1, 0.15) is 5.75 Å². The maximum Gasteiger partial charge on any atom is 0.387 e. The number of para-hydroxylation sites is 1. The summed E-state index contributed by atoms with van der Waals surface area (Å²) in [6.45, 7) is -0.854. The molecular weight excluding hydrogens is 254 g/mol. The Kier molecular flexibility index (Phi) is 6.21. The highest BCUT2D eigenvalue weighted by Crippen LogP contribution is 2.19. The van der Waals surface area contributed by atoms with Crippen LogP contribution in [0.25, 0.3) is 0 Å². The van der Waals surface area contributed by atoms with Gasteiger partial charge in [0.25, 0.3) is 0 Å². The van der Waals surface area contributed by atoms with Crippen molar-refractivity contribution in [1.29, 1.82) is 0 Å². The Bertz CT molecular complexity index is 413. The molecule has 0 heterocycles. The van der Waals surface area contributed by atoms with Crippen molar-refractivity contribution < 1.29 is 18.3 Å². The molecule has 0 saturated heterocycles. The number of hydrogen-bond acceptors (Lipinski definition) is 3. The van der Waals surface area contributed by atoms with E-state index in [0.717, 1.165) is 0 Å². The van der Waals surface area contributed by atoms with Gasteiger partial charge in [-0.25, -0.2) is 0 Å². The quantitative estimate of drug-likeness (QED) is 0.798. The van der Waals surface area contributed by atoms with Crippen molar-refractivity contribution in [1.82, 2.24) is 5.32 Å². The van der Waals surface area contributed by atoms with E-state index in [4.69, 9.17) is 5.73 Å². The molecule has 0 radical (unpaired) electrons. The van der Waals surface area contributed by atoms with Gasteiger partial charge < -0.3 is 15.8 Å². The molecule has 0 spiro atoms. The smallest absolute Gasteiger partial charge is 0.387 e. The van der Waals surface area contributed by atoms with Crippen LogP contribution in [0, 0.1) is 0 Å². The van der Waals surface area contributed by atoms with E-state index in [2.05, 4.69) is 10.1 Å². The van der Waals surface area contributed by atoms with Crippen LogP contribution in [-0.4, -0.2) is 18.6 Å². The summed E-state index contributed by atoms with van der Waals surface area (Å²) < 4.78 is 28.8. The van der Waals surface area contributed by atoms with Crippen molar-refractivity contribution in [2.45, 2.75) is 39.0 Å². The largest absolute Gasteiger partial charge is 0.434 e. The van der Waals surface area contributed by atoms with E-state index < -0.39 is 6.61 Å². The number of ether oxygens (including phenoxy) is 1. The second kappa shape index (κ2) is 7.68. The summed E-state index contributed by atoms with van der Waals surface area (Å²) in [5.41, 5.74) is 6.16. The summed E-state index contributed by atoms with van der Waals surface area (Å²) in [6, 6.07) is 6.16. The Morgan fingerprint density at radius 3 is 2.74 bits per heavy atom. The normalized spacial score (nSPS) is 12.3. The van der Waals surface area contributed by atoms with Gasteiger partial charge in [-0.15, -0.1) is 0 Å². The number of alkyl halides is 2. The molecule has 1 atom stereocenters. The van der Waals surface area contributed by atoms with Gasteiger partial charge in [0.05, 0.1) is 0 Å². The summed E-state index contributed by atoms with van der Waals surface area (Å²) in [5, 5.41) is 2.63. The monoisotopic (exact) mass is 272 g/mol. The summed E-state index contributed by atoms with van der Waals surface area (Å²) in [6.07, 6.45) is 0.923. The third-order valence-electron chi connectivity index (χ3n) is 2.64. The van der Waals surface area contributed by atoms with Crippen molar-refractivity contribution in [3.63, 3.8) is 0 Å². The Labute approximate surface area is 110 Å². The van der Waals surface area contributed by atoms with Crippen molar-refractivity contribution in [2.24, 2.45) is 5.73 Å². The molecule has 1 unspecified atom stereocenters. The van der Waals surface area contributed by atoms with Gasteiger partial charge in [-0.05, 0) is 12.5 Å². The molecule has 1 aromatic rings. The SMILES string of the molecule is CCC(N)CC(=O)NCc1ccccc1OC(F)F. The number of rotatable bonds is 7. The predicted molar refractivity (Wildman–Crippen MR) is 67.8 cm³/mol. The first-order valence-corrected chi connectivity index (χ1v) is 6.08. The Morgan fingerprint density at radius 1 is 1.42 bits per heavy atom. The number of benzene rings is 1. The standard InChI is InChI=1S/C13H18F2N2O2/c1-2-10(16)7-12(18)17-8-9-5-3-4-6-11(9)19-13(14)15/h3-6,10,13H,2,7-8,16H2,1H3,(H,17,18). The van der Waals surface area contributed by atoms with E-state index in [1.54, 1.807) is 18.2 Å². The molecule has 0 aliphatic heterocycles. The number of carbonyl (C=O) groups excluding carboxylic acids is 1. The van der Waals surface area contributed by atoms with Crippen LogP contribution in [0.4, 0.5) is 8.78 Å². The van der Waals surface area contributed by atoms with Crippen molar-refractivity contribution in [3.05, 3.63) is 29.8 Å². The number of amides is 1. The molecular formula is C13H18F2N2O2. The van der Waals surface area contributed by atoms with Crippen LogP contribution in [0.2, 0.25) is 0 Å². The Morgan fingerprint density at radius 2 is 2.11 bits per heavy atom. The van der Waals surface area contributed by atoms with Crippen molar-refractivity contribution in [3.8, 4) is 5.75 Å². The highest BCUT2D eigenvalue weighted by molar-refractivity contribution is 5.76. The third-order valence-corrected chi connectivity index (χ3v) is 2.64. The van der Waals surface area contributed by atoms with Gasteiger partial charge in [0.15, 0.2) is 0 Å². The molecule has 0 fully saturated rings. The number of nitrogens with two attached hydrogens (primary N) is 1. The highest BCUT2D eigenvalue weighted by Gasteiger charge is 2.11. The van der Waals surface area contributed by atoms with E-state index in [1.165, 1.54) is 6.07 Å². The molecule has 106 valence electrons. The van der Waals surface area contributed by atoms with Crippen LogP contribution >= 0.6 is 0 Å². The average Bonchev–Trinajstić information content (AvgIpc) is 2.37. The fourth-order valence-electron chi connectivity index (χ4n) is 1.51. The summed E-state index contributed by atoms with van der Waals surface area (Å²) >= 11 is 0. The second-order valence-electron chi connectivity index (χ2n) is 4.14. The van der Waals surface area contributed by atoms with E-state index in [9.17, 15) is 13.6 Å². The molecule has 0 aromatic heterocycles. The van der Waals surface area contributed by atoms with Gasteiger partial charge in [0.2, 0.25) is 5.91 Å². The fraction of sp³-hybridized carbons (Fsp3) is 0.462. The molecule has 19 heavy (non-hydrogen) atoms. The molecule has 0 aliphatic rings. The number of carbonyl (C=O) groups is 1. The second-order valence-corrected chi connectivity index (χ2v) is 4.14. The van der Waals surface area contributed by atoms with Crippen LogP contribution in [0.3, 0.4) is 0 Å². The van der Waals surface area contributed by atoms with Crippen molar-refractivity contribution in [2.75, 3.05) is 0 Å². The van der Waals surface area contributed by atoms with Crippen LogP contribution in [0.15, 0.2) is 24.3 Å². The molecule has 1 aromatic carbocycles. The van der Waals surface area contributed by atoms with Crippen LogP contribution in [0.1, 0.15) is 25.3 Å². The predicted octanol–water partition coefficient (Wildman–Crippen LogP) is 2.03. The van der Waals surface area contributed by atoms with Crippen LogP contribution in [0.5, 0.6) is 5.75 Å². The molecule has 1 amide bonds. The molecule has 0 aliphatic carbocycles. The maximum absolute atomic E-state index is 12.2.